The van der Waals surface area contributed by atoms with Gasteiger partial charge in [-0.25, -0.2) is 12.7 Å². The predicted molar refractivity (Wildman–Crippen MR) is 120 cm³/mol. The van der Waals surface area contributed by atoms with Crippen molar-refractivity contribution in [2.24, 2.45) is 0 Å². The standard InChI is InChI=1S/C23H27N3O3S/c1-5-14-26-21-11-10-20(30(28,29)25(3)4)15-19(21)16-22(26)23(27)24-13-12-18-9-7-6-8-17(18)2/h5-11,15-16H,1,12-14H2,2-4H3,(H,24,27). The van der Waals surface area contributed by atoms with Crippen molar-refractivity contribution in [3.63, 3.8) is 0 Å². The fourth-order valence-electron chi connectivity index (χ4n) is 3.43. The van der Waals surface area contributed by atoms with E-state index in [1.165, 1.54) is 29.5 Å². The number of carbonyl (C=O) groups is 1. The topological polar surface area (TPSA) is 71.4 Å². The van der Waals surface area contributed by atoms with Gasteiger partial charge in [0.25, 0.3) is 5.91 Å². The quantitative estimate of drug-likeness (QED) is 0.563. The second kappa shape index (κ2) is 8.85. The van der Waals surface area contributed by atoms with Crippen molar-refractivity contribution in [2.75, 3.05) is 20.6 Å². The summed E-state index contributed by atoms with van der Waals surface area (Å²) in [6, 6.07) is 14.7. The minimum absolute atomic E-state index is 0.196. The lowest BCUT2D eigenvalue weighted by molar-refractivity contribution is 0.0946. The van der Waals surface area contributed by atoms with Gasteiger partial charge in [-0.05, 0) is 48.7 Å². The minimum Gasteiger partial charge on any atom is -0.350 e. The molecule has 7 heteroatoms. The number of carbonyl (C=O) groups excluding carboxylic acids is 1. The number of benzene rings is 2. The number of nitrogens with zero attached hydrogens (tertiary/aromatic N) is 2. The number of aryl methyl sites for hydroxylation is 1. The molecule has 0 saturated heterocycles. The van der Waals surface area contributed by atoms with Gasteiger partial charge in [0.15, 0.2) is 0 Å². The van der Waals surface area contributed by atoms with Crippen molar-refractivity contribution in [3.05, 3.63) is 78.0 Å². The number of fused-ring (bicyclic) bond motifs is 1. The number of sulfonamides is 1. The number of rotatable bonds is 8. The number of hydrogen-bond acceptors (Lipinski definition) is 3. The molecule has 0 bridgehead atoms. The van der Waals surface area contributed by atoms with Gasteiger partial charge in [0.05, 0.1) is 4.90 Å². The summed E-state index contributed by atoms with van der Waals surface area (Å²) >= 11 is 0. The zero-order valence-electron chi connectivity index (χ0n) is 17.6. The Morgan fingerprint density at radius 1 is 1.17 bits per heavy atom. The Balaban J connectivity index is 1.88. The average molecular weight is 426 g/mol. The molecule has 0 atom stereocenters. The van der Waals surface area contributed by atoms with Crippen LogP contribution >= 0.6 is 0 Å². The van der Waals surface area contributed by atoms with Crippen molar-refractivity contribution in [2.45, 2.75) is 24.8 Å². The van der Waals surface area contributed by atoms with E-state index in [-0.39, 0.29) is 10.8 Å². The largest absolute Gasteiger partial charge is 0.350 e. The lowest BCUT2D eigenvalue weighted by Gasteiger charge is -2.12. The minimum atomic E-state index is -3.55. The van der Waals surface area contributed by atoms with Gasteiger partial charge in [-0.2, -0.15) is 0 Å². The van der Waals surface area contributed by atoms with Crippen LogP contribution in [0.1, 0.15) is 21.6 Å². The van der Waals surface area contributed by atoms with Crippen molar-refractivity contribution in [3.8, 4) is 0 Å². The van der Waals surface area contributed by atoms with Gasteiger partial charge in [-0.3, -0.25) is 4.79 Å². The Hall–Kier alpha value is -2.90. The molecule has 1 aromatic heterocycles. The Morgan fingerprint density at radius 3 is 2.57 bits per heavy atom. The van der Waals surface area contributed by atoms with E-state index < -0.39 is 10.0 Å². The predicted octanol–water partition coefficient (Wildman–Crippen LogP) is 3.36. The molecule has 0 unspecified atom stereocenters. The monoisotopic (exact) mass is 425 g/mol. The second-order valence-corrected chi connectivity index (χ2v) is 9.52. The molecule has 30 heavy (non-hydrogen) atoms. The highest BCUT2D eigenvalue weighted by atomic mass is 32.2. The molecule has 1 N–H and O–H groups in total. The number of aromatic nitrogens is 1. The summed E-state index contributed by atoms with van der Waals surface area (Å²) in [5.41, 5.74) is 3.66. The number of amides is 1. The van der Waals surface area contributed by atoms with Gasteiger partial charge < -0.3 is 9.88 Å². The lowest BCUT2D eigenvalue weighted by atomic mass is 10.1. The highest BCUT2D eigenvalue weighted by Gasteiger charge is 2.20. The van der Waals surface area contributed by atoms with Crippen LogP contribution in [0.4, 0.5) is 0 Å². The van der Waals surface area contributed by atoms with E-state index in [9.17, 15) is 13.2 Å². The summed E-state index contributed by atoms with van der Waals surface area (Å²) in [6.07, 6.45) is 2.46. The molecule has 1 heterocycles. The zero-order chi connectivity index (χ0) is 21.9. The zero-order valence-corrected chi connectivity index (χ0v) is 18.4. The summed E-state index contributed by atoms with van der Waals surface area (Å²) in [5, 5.41) is 3.67. The Kier molecular flexibility index (Phi) is 6.43. The van der Waals surface area contributed by atoms with Crippen molar-refractivity contribution in [1.29, 1.82) is 0 Å². The van der Waals surface area contributed by atoms with E-state index in [0.717, 1.165) is 11.9 Å². The fourth-order valence-corrected chi connectivity index (χ4v) is 4.36. The SMILES string of the molecule is C=CCn1c(C(=O)NCCc2ccccc2C)cc2cc(S(=O)(=O)N(C)C)ccc21. The van der Waals surface area contributed by atoms with Crippen LogP contribution < -0.4 is 5.32 Å². The van der Waals surface area contributed by atoms with Gasteiger partial charge in [0.2, 0.25) is 10.0 Å². The van der Waals surface area contributed by atoms with E-state index in [1.54, 1.807) is 30.3 Å². The van der Waals surface area contributed by atoms with Gasteiger partial charge >= 0.3 is 0 Å². The van der Waals surface area contributed by atoms with Crippen LogP contribution in [-0.4, -0.2) is 43.8 Å². The molecular formula is C23H27N3O3S. The molecule has 2 aromatic carbocycles. The maximum absolute atomic E-state index is 12.9. The van der Waals surface area contributed by atoms with Crippen LogP contribution in [0, 0.1) is 6.92 Å². The first-order valence-electron chi connectivity index (χ1n) is 9.75. The number of allylic oxidation sites excluding steroid dienone is 1. The highest BCUT2D eigenvalue weighted by Crippen LogP contribution is 2.25. The summed E-state index contributed by atoms with van der Waals surface area (Å²) < 4.78 is 27.9. The van der Waals surface area contributed by atoms with Crippen LogP contribution in [0.5, 0.6) is 0 Å². The van der Waals surface area contributed by atoms with Gasteiger partial charge in [-0.1, -0.05) is 30.3 Å². The van der Waals surface area contributed by atoms with E-state index in [1.807, 2.05) is 16.7 Å². The van der Waals surface area contributed by atoms with Gasteiger partial charge in [-0.15, -0.1) is 6.58 Å². The van der Waals surface area contributed by atoms with E-state index in [4.69, 9.17) is 0 Å². The van der Waals surface area contributed by atoms with Crippen molar-refractivity contribution in [1.82, 2.24) is 14.2 Å². The molecule has 0 radical (unpaired) electrons. The third kappa shape index (κ3) is 4.32. The molecule has 6 nitrogen and oxygen atoms in total. The highest BCUT2D eigenvalue weighted by molar-refractivity contribution is 7.89. The Labute approximate surface area is 177 Å². The molecule has 0 aliphatic carbocycles. The van der Waals surface area contributed by atoms with Crippen LogP contribution in [0.2, 0.25) is 0 Å². The number of nitrogens with one attached hydrogen (secondary N) is 1. The first kappa shape index (κ1) is 21.8. The van der Waals surface area contributed by atoms with Crippen LogP contribution in [0.3, 0.4) is 0 Å². The Morgan fingerprint density at radius 2 is 1.90 bits per heavy atom. The molecule has 1 amide bonds. The molecule has 0 saturated carbocycles. The molecular weight excluding hydrogens is 398 g/mol. The van der Waals surface area contributed by atoms with E-state index >= 15 is 0 Å². The van der Waals surface area contributed by atoms with Crippen LogP contribution in [0.15, 0.2) is 66.1 Å². The summed E-state index contributed by atoms with van der Waals surface area (Å²) in [7, 11) is -0.558. The summed E-state index contributed by atoms with van der Waals surface area (Å²) in [4.78, 5) is 13.1. The molecule has 3 aromatic rings. The van der Waals surface area contributed by atoms with E-state index in [2.05, 4.69) is 31.0 Å². The molecule has 3 rings (SSSR count). The van der Waals surface area contributed by atoms with E-state index in [0.29, 0.717) is 24.2 Å². The third-order valence-electron chi connectivity index (χ3n) is 5.14. The van der Waals surface area contributed by atoms with Crippen LogP contribution in [0.25, 0.3) is 10.9 Å². The van der Waals surface area contributed by atoms with Gasteiger partial charge in [0.1, 0.15) is 5.69 Å². The maximum Gasteiger partial charge on any atom is 0.267 e. The fraction of sp³-hybridized carbons (Fsp3) is 0.261. The summed E-state index contributed by atoms with van der Waals surface area (Å²) in [5.74, 6) is -0.196. The second-order valence-electron chi connectivity index (χ2n) is 7.37. The molecule has 0 fully saturated rings. The normalized spacial score (nSPS) is 11.7. The average Bonchev–Trinajstić information content (AvgIpc) is 3.07. The molecule has 158 valence electrons. The first-order chi connectivity index (χ1) is 14.3. The lowest BCUT2D eigenvalue weighted by Crippen LogP contribution is -2.28. The molecule has 0 aliphatic rings. The molecule has 0 aliphatic heterocycles. The number of hydrogen-bond donors (Lipinski definition) is 1. The third-order valence-corrected chi connectivity index (χ3v) is 6.95. The smallest absolute Gasteiger partial charge is 0.267 e. The first-order valence-corrected chi connectivity index (χ1v) is 11.2. The van der Waals surface area contributed by atoms with Crippen LogP contribution in [-0.2, 0) is 23.0 Å². The maximum atomic E-state index is 12.9. The Bertz CT molecular complexity index is 1190. The van der Waals surface area contributed by atoms with Crippen molar-refractivity contribution >= 4 is 26.8 Å². The van der Waals surface area contributed by atoms with Crippen molar-refractivity contribution < 1.29 is 13.2 Å². The molecule has 0 spiro atoms. The summed E-state index contributed by atoms with van der Waals surface area (Å²) in [6.45, 7) is 6.79. The van der Waals surface area contributed by atoms with Gasteiger partial charge in [0, 0.05) is 38.1 Å².